The summed E-state index contributed by atoms with van der Waals surface area (Å²) in [6.45, 7) is 7.79. The summed E-state index contributed by atoms with van der Waals surface area (Å²) < 4.78 is 0. The van der Waals surface area contributed by atoms with Crippen molar-refractivity contribution >= 4 is 29.9 Å². The van der Waals surface area contributed by atoms with Crippen LogP contribution in [0.5, 0.6) is 0 Å². The van der Waals surface area contributed by atoms with Gasteiger partial charge in [-0.15, -0.1) is 24.0 Å². The Morgan fingerprint density at radius 2 is 2.04 bits per heavy atom. The minimum absolute atomic E-state index is 0. The van der Waals surface area contributed by atoms with Gasteiger partial charge in [0.05, 0.1) is 12.2 Å². The van der Waals surface area contributed by atoms with Crippen LogP contribution in [-0.4, -0.2) is 35.5 Å². The highest BCUT2D eigenvalue weighted by molar-refractivity contribution is 14.0. The number of aryl methyl sites for hydroxylation is 1. The Bertz CT molecular complexity index is 687. The van der Waals surface area contributed by atoms with Gasteiger partial charge in [0, 0.05) is 31.7 Å². The van der Waals surface area contributed by atoms with Crippen molar-refractivity contribution in [3.63, 3.8) is 0 Å². The maximum atomic E-state index is 4.82. The van der Waals surface area contributed by atoms with Gasteiger partial charge in [0.2, 0.25) is 0 Å². The number of nitrogens with one attached hydrogen (secondary N) is 1. The Morgan fingerprint density at radius 1 is 1.24 bits per heavy atom. The number of aromatic nitrogens is 1. The van der Waals surface area contributed by atoms with Crippen LogP contribution in [0.1, 0.15) is 36.1 Å². The van der Waals surface area contributed by atoms with Gasteiger partial charge >= 0.3 is 0 Å². The van der Waals surface area contributed by atoms with E-state index in [0.29, 0.717) is 12.5 Å². The Hall–Kier alpha value is -1.63. The number of hydrogen-bond donors (Lipinski definition) is 1. The molecule has 1 N–H and O–H groups in total. The average molecular weight is 450 g/mol. The van der Waals surface area contributed by atoms with E-state index in [1.807, 2.05) is 12.3 Å². The summed E-state index contributed by atoms with van der Waals surface area (Å²) in [5.41, 5.74) is 3.67. The molecule has 1 aliphatic rings. The molecule has 1 aromatic heterocycles. The van der Waals surface area contributed by atoms with Crippen LogP contribution in [0, 0.1) is 6.92 Å². The quantitative estimate of drug-likeness (QED) is 0.436. The average Bonchev–Trinajstić information content (AvgIpc) is 3.10. The van der Waals surface area contributed by atoms with Gasteiger partial charge in [0.25, 0.3) is 0 Å². The predicted octanol–water partition coefficient (Wildman–Crippen LogP) is 3.96. The first-order valence-corrected chi connectivity index (χ1v) is 8.76. The highest BCUT2D eigenvalue weighted by Gasteiger charge is 2.25. The lowest BCUT2D eigenvalue weighted by Crippen LogP contribution is -2.40. The van der Waals surface area contributed by atoms with Crippen molar-refractivity contribution in [2.75, 3.05) is 19.6 Å². The lowest BCUT2D eigenvalue weighted by atomic mass is 9.99. The van der Waals surface area contributed by atoms with Crippen LogP contribution in [0.15, 0.2) is 53.7 Å². The van der Waals surface area contributed by atoms with E-state index >= 15 is 0 Å². The monoisotopic (exact) mass is 450 g/mol. The first-order valence-electron chi connectivity index (χ1n) is 8.76. The van der Waals surface area contributed by atoms with Crippen LogP contribution in [-0.2, 0) is 6.54 Å². The lowest BCUT2D eigenvalue weighted by Gasteiger charge is -2.22. The van der Waals surface area contributed by atoms with Gasteiger partial charge in [-0.3, -0.25) is 4.98 Å². The largest absolute Gasteiger partial charge is 0.357 e. The molecule has 0 amide bonds. The van der Waals surface area contributed by atoms with Crippen molar-refractivity contribution in [2.24, 2.45) is 4.99 Å². The minimum atomic E-state index is 0. The molecule has 0 aliphatic carbocycles. The number of benzene rings is 1. The van der Waals surface area contributed by atoms with Gasteiger partial charge in [0.15, 0.2) is 5.96 Å². The van der Waals surface area contributed by atoms with Crippen molar-refractivity contribution in [1.82, 2.24) is 15.2 Å². The summed E-state index contributed by atoms with van der Waals surface area (Å²) in [4.78, 5) is 11.6. The van der Waals surface area contributed by atoms with Crippen molar-refractivity contribution in [1.29, 1.82) is 0 Å². The second-order valence-electron chi connectivity index (χ2n) is 6.28. The molecule has 134 valence electrons. The molecule has 0 saturated carbocycles. The van der Waals surface area contributed by atoms with E-state index in [-0.39, 0.29) is 24.0 Å². The molecule has 5 heteroatoms. The smallest absolute Gasteiger partial charge is 0.194 e. The SMILES string of the molecule is CCNC(=NCc1ncccc1C)N1CCC(c2ccccc2)C1.I. The molecule has 1 aliphatic heterocycles. The summed E-state index contributed by atoms with van der Waals surface area (Å²) in [6.07, 6.45) is 3.02. The summed E-state index contributed by atoms with van der Waals surface area (Å²) in [7, 11) is 0. The van der Waals surface area contributed by atoms with Crippen molar-refractivity contribution in [3.05, 3.63) is 65.5 Å². The first kappa shape index (κ1) is 19.7. The fourth-order valence-electron chi connectivity index (χ4n) is 3.21. The van der Waals surface area contributed by atoms with Crippen LogP contribution < -0.4 is 5.32 Å². The zero-order chi connectivity index (χ0) is 16.8. The molecule has 2 heterocycles. The fourth-order valence-corrected chi connectivity index (χ4v) is 3.21. The molecule has 0 spiro atoms. The number of guanidine groups is 1. The maximum Gasteiger partial charge on any atom is 0.194 e. The minimum Gasteiger partial charge on any atom is -0.357 e. The van der Waals surface area contributed by atoms with E-state index in [9.17, 15) is 0 Å². The molecule has 3 rings (SSSR count). The van der Waals surface area contributed by atoms with Gasteiger partial charge < -0.3 is 10.2 Å². The number of rotatable bonds is 4. The van der Waals surface area contributed by atoms with E-state index in [0.717, 1.165) is 31.3 Å². The third kappa shape index (κ3) is 5.17. The van der Waals surface area contributed by atoms with Crippen molar-refractivity contribution in [2.45, 2.75) is 32.7 Å². The van der Waals surface area contributed by atoms with Crippen LogP contribution in [0.3, 0.4) is 0 Å². The summed E-state index contributed by atoms with van der Waals surface area (Å²) >= 11 is 0. The molecule has 1 aromatic carbocycles. The topological polar surface area (TPSA) is 40.5 Å². The van der Waals surface area contributed by atoms with Crippen molar-refractivity contribution < 1.29 is 0 Å². The third-order valence-corrected chi connectivity index (χ3v) is 4.59. The van der Waals surface area contributed by atoms with Crippen LogP contribution in [0.4, 0.5) is 0 Å². The summed E-state index contributed by atoms with van der Waals surface area (Å²) in [6, 6.07) is 14.9. The zero-order valence-corrected chi connectivity index (χ0v) is 17.3. The van der Waals surface area contributed by atoms with Gasteiger partial charge in [-0.25, -0.2) is 4.99 Å². The molecular formula is C20H27IN4. The Kier molecular flexibility index (Phi) is 7.68. The standard InChI is InChI=1S/C20H26N4.HI/c1-3-21-20(23-14-19-16(2)8-7-12-22-19)24-13-11-18(15-24)17-9-5-4-6-10-17;/h4-10,12,18H,3,11,13-15H2,1-2H3,(H,21,23);1H. The van der Waals surface area contributed by atoms with E-state index in [2.05, 4.69) is 65.4 Å². The fraction of sp³-hybridized carbons (Fsp3) is 0.400. The second kappa shape index (κ2) is 9.75. The molecule has 0 radical (unpaired) electrons. The Balaban J connectivity index is 0.00000225. The molecule has 1 saturated heterocycles. The van der Waals surface area contributed by atoms with Crippen LogP contribution in [0.25, 0.3) is 0 Å². The molecule has 1 fully saturated rings. The molecule has 25 heavy (non-hydrogen) atoms. The molecule has 1 atom stereocenters. The second-order valence-corrected chi connectivity index (χ2v) is 6.28. The Labute approximate surface area is 167 Å². The lowest BCUT2D eigenvalue weighted by molar-refractivity contribution is 0.486. The molecular weight excluding hydrogens is 423 g/mol. The van der Waals surface area contributed by atoms with E-state index < -0.39 is 0 Å². The summed E-state index contributed by atoms with van der Waals surface area (Å²) in [5.74, 6) is 1.59. The zero-order valence-electron chi connectivity index (χ0n) is 15.0. The van der Waals surface area contributed by atoms with E-state index in [1.54, 1.807) is 0 Å². The predicted molar refractivity (Wildman–Crippen MR) is 115 cm³/mol. The van der Waals surface area contributed by atoms with Gasteiger partial charge in [-0.1, -0.05) is 36.4 Å². The normalized spacial score (nSPS) is 17.3. The van der Waals surface area contributed by atoms with Crippen LogP contribution >= 0.6 is 24.0 Å². The molecule has 0 bridgehead atoms. The number of nitrogens with zero attached hydrogens (tertiary/aromatic N) is 3. The number of pyridine rings is 1. The highest BCUT2D eigenvalue weighted by Crippen LogP contribution is 2.26. The number of hydrogen-bond acceptors (Lipinski definition) is 2. The molecule has 4 nitrogen and oxygen atoms in total. The van der Waals surface area contributed by atoms with Gasteiger partial charge in [0.1, 0.15) is 0 Å². The van der Waals surface area contributed by atoms with E-state index in [4.69, 9.17) is 4.99 Å². The molecule has 1 unspecified atom stereocenters. The highest BCUT2D eigenvalue weighted by atomic mass is 127. The first-order chi connectivity index (χ1) is 11.8. The number of aliphatic imine (C=N–C) groups is 1. The van der Waals surface area contributed by atoms with E-state index in [1.165, 1.54) is 17.5 Å². The van der Waals surface area contributed by atoms with Gasteiger partial charge in [-0.05, 0) is 37.5 Å². The van der Waals surface area contributed by atoms with Crippen LogP contribution in [0.2, 0.25) is 0 Å². The Morgan fingerprint density at radius 3 is 2.76 bits per heavy atom. The number of halogens is 1. The summed E-state index contributed by atoms with van der Waals surface area (Å²) in [5, 5.41) is 3.43. The molecule has 2 aromatic rings. The third-order valence-electron chi connectivity index (χ3n) is 4.59. The maximum absolute atomic E-state index is 4.82. The van der Waals surface area contributed by atoms with Gasteiger partial charge in [-0.2, -0.15) is 0 Å². The number of likely N-dealkylation sites (tertiary alicyclic amines) is 1. The van der Waals surface area contributed by atoms with Crippen molar-refractivity contribution in [3.8, 4) is 0 Å².